The van der Waals surface area contributed by atoms with Crippen molar-refractivity contribution in [2.75, 3.05) is 26.7 Å². The monoisotopic (exact) mass is 511 g/mol. The molecule has 0 aliphatic carbocycles. The topological polar surface area (TPSA) is 54.7 Å². The van der Waals surface area contributed by atoms with E-state index in [2.05, 4.69) is 50.0 Å². The van der Waals surface area contributed by atoms with Crippen LogP contribution >= 0.6 is 24.0 Å². The van der Waals surface area contributed by atoms with Crippen LogP contribution in [0.5, 0.6) is 5.75 Å². The zero-order valence-electron chi connectivity index (χ0n) is 17.9. The fourth-order valence-corrected chi connectivity index (χ4v) is 3.75. The van der Waals surface area contributed by atoms with Gasteiger partial charge in [0.25, 0.3) is 0 Å². The van der Waals surface area contributed by atoms with Crippen molar-refractivity contribution >= 4 is 29.9 Å². The summed E-state index contributed by atoms with van der Waals surface area (Å²) in [5.41, 5.74) is 1.29. The standard InChI is InChI=1S/C22H33N5O.HI/c1-17(2)28-20-7-5-19(6-8-20)9-11-25-22(23-4)26-13-10-18(3)21(15-26)27-14-12-24-16-27;/h5-8,12,14,16-18,21H,9-11,13,15H2,1-4H3,(H,23,25);1H. The summed E-state index contributed by atoms with van der Waals surface area (Å²) in [4.78, 5) is 11.1. The molecule has 1 N–H and O–H groups in total. The lowest BCUT2D eigenvalue weighted by atomic mass is 9.93. The number of piperidine rings is 1. The first kappa shape index (κ1) is 23.5. The van der Waals surface area contributed by atoms with E-state index in [0.29, 0.717) is 12.0 Å². The molecule has 6 nitrogen and oxygen atoms in total. The van der Waals surface area contributed by atoms with Crippen molar-refractivity contribution in [3.63, 3.8) is 0 Å². The fraction of sp³-hybridized carbons (Fsp3) is 0.545. The van der Waals surface area contributed by atoms with Crippen LogP contribution < -0.4 is 10.1 Å². The summed E-state index contributed by atoms with van der Waals surface area (Å²) >= 11 is 0. The lowest BCUT2D eigenvalue weighted by Gasteiger charge is -2.39. The van der Waals surface area contributed by atoms with Crippen molar-refractivity contribution in [3.05, 3.63) is 48.5 Å². The van der Waals surface area contributed by atoms with Crippen molar-refractivity contribution in [2.24, 2.45) is 10.9 Å². The van der Waals surface area contributed by atoms with Gasteiger partial charge in [0.15, 0.2) is 5.96 Å². The number of aromatic nitrogens is 2. The largest absolute Gasteiger partial charge is 0.491 e. The maximum Gasteiger partial charge on any atom is 0.193 e. The summed E-state index contributed by atoms with van der Waals surface area (Å²) < 4.78 is 7.94. The molecule has 160 valence electrons. The van der Waals surface area contributed by atoms with Gasteiger partial charge >= 0.3 is 0 Å². The maximum atomic E-state index is 5.71. The molecule has 7 heteroatoms. The average Bonchev–Trinajstić information content (AvgIpc) is 3.21. The van der Waals surface area contributed by atoms with Gasteiger partial charge in [0.1, 0.15) is 5.75 Å². The van der Waals surface area contributed by atoms with Crippen LogP contribution in [0.4, 0.5) is 0 Å². The molecule has 0 amide bonds. The highest BCUT2D eigenvalue weighted by atomic mass is 127. The number of benzene rings is 1. The second kappa shape index (κ2) is 11.4. The fourth-order valence-electron chi connectivity index (χ4n) is 3.75. The zero-order valence-corrected chi connectivity index (χ0v) is 20.2. The number of hydrogen-bond donors (Lipinski definition) is 1. The molecule has 1 aromatic heterocycles. The summed E-state index contributed by atoms with van der Waals surface area (Å²) in [7, 11) is 1.87. The summed E-state index contributed by atoms with van der Waals surface area (Å²) in [6.45, 7) is 9.26. The first-order chi connectivity index (χ1) is 13.6. The lowest BCUT2D eigenvalue weighted by molar-refractivity contribution is 0.189. The molecule has 0 spiro atoms. The molecule has 2 atom stereocenters. The van der Waals surface area contributed by atoms with E-state index in [0.717, 1.165) is 44.2 Å². The first-order valence-corrected chi connectivity index (χ1v) is 10.3. The molecule has 1 aliphatic heterocycles. The Morgan fingerprint density at radius 2 is 2.07 bits per heavy atom. The molecule has 2 unspecified atom stereocenters. The second-order valence-corrected chi connectivity index (χ2v) is 7.82. The Morgan fingerprint density at radius 3 is 2.69 bits per heavy atom. The van der Waals surface area contributed by atoms with Gasteiger partial charge in [-0.1, -0.05) is 19.1 Å². The molecule has 0 bridgehead atoms. The minimum absolute atomic E-state index is 0. The van der Waals surface area contributed by atoms with Crippen molar-refractivity contribution in [1.29, 1.82) is 0 Å². The summed E-state index contributed by atoms with van der Waals surface area (Å²) in [5, 5.41) is 3.53. The van der Waals surface area contributed by atoms with Gasteiger partial charge in [0, 0.05) is 39.1 Å². The third-order valence-electron chi connectivity index (χ3n) is 5.33. The first-order valence-electron chi connectivity index (χ1n) is 10.3. The van der Waals surface area contributed by atoms with E-state index in [1.54, 1.807) is 0 Å². The Balaban J connectivity index is 0.00000300. The molecule has 3 rings (SSSR count). The molecular formula is C22H34IN5O. The molecule has 1 aromatic carbocycles. The van der Waals surface area contributed by atoms with Crippen molar-refractivity contribution in [3.8, 4) is 5.75 Å². The maximum absolute atomic E-state index is 5.71. The van der Waals surface area contributed by atoms with Gasteiger partial charge in [-0.25, -0.2) is 4.98 Å². The van der Waals surface area contributed by atoms with E-state index in [-0.39, 0.29) is 30.1 Å². The number of ether oxygens (including phenoxy) is 1. The third-order valence-corrected chi connectivity index (χ3v) is 5.33. The molecule has 29 heavy (non-hydrogen) atoms. The molecule has 1 fully saturated rings. The second-order valence-electron chi connectivity index (χ2n) is 7.82. The smallest absolute Gasteiger partial charge is 0.193 e. The van der Waals surface area contributed by atoms with Crippen LogP contribution in [-0.4, -0.2) is 53.2 Å². The molecule has 1 aliphatic rings. The Bertz CT molecular complexity index is 745. The number of rotatable bonds is 6. The Morgan fingerprint density at radius 1 is 1.31 bits per heavy atom. The molecular weight excluding hydrogens is 477 g/mol. The summed E-state index contributed by atoms with van der Waals surface area (Å²) in [5.74, 6) is 2.54. The number of aliphatic imine (C=N–C) groups is 1. The van der Waals surface area contributed by atoms with Crippen LogP contribution in [0.2, 0.25) is 0 Å². The van der Waals surface area contributed by atoms with Crippen molar-refractivity contribution in [1.82, 2.24) is 19.8 Å². The van der Waals surface area contributed by atoms with Gasteiger partial charge in [-0.2, -0.15) is 0 Å². The molecule has 1 saturated heterocycles. The number of halogens is 1. The Labute approximate surface area is 191 Å². The predicted molar refractivity (Wildman–Crippen MR) is 129 cm³/mol. The van der Waals surface area contributed by atoms with E-state index < -0.39 is 0 Å². The minimum atomic E-state index is 0. The molecule has 2 aromatic rings. The lowest BCUT2D eigenvalue weighted by Crippen LogP contribution is -2.49. The van der Waals surface area contributed by atoms with Gasteiger partial charge in [0.05, 0.1) is 18.5 Å². The van der Waals surface area contributed by atoms with Crippen LogP contribution in [0.1, 0.15) is 38.8 Å². The normalized spacial score (nSPS) is 19.8. The van der Waals surface area contributed by atoms with Gasteiger partial charge in [-0.05, 0) is 50.3 Å². The van der Waals surface area contributed by atoms with Gasteiger partial charge in [-0.3, -0.25) is 4.99 Å². The highest BCUT2D eigenvalue weighted by Gasteiger charge is 2.28. The van der Waals surface area contributed by atoms with E-state index in [1.165, 1.54) is 5.56 Å². The van der Waals surface area contributed by atoms with E-state index in [9.17, 15) is 0 Å². The Hall–Kier alpha value is -1.77. The summed E-state index contributed by atoms with van der Waals surface area (Å²) in [6.07, 6.45) is 8.16. The van der Waals surface area contributed by atoms with Crippen LogP contribution in [-0.2, 0) is 6.42 Å². The minimum Gasteiger partial charge on any atom is -0.491 e. The SMILES string of the molecule is CN=C(NCCc1ccc(OC(C)C)cc1)N1CCC(C)C(n2ccnc2)C1.I. The van der Waals surface area contributed by atoms with Crippen LogP contribution in [0.15, 0.2) is 48.0 Å². The number of nitrogens with zero attached hydrogens (tertiary/aromatic N) is 4. The van der Waals surface area contributed by atoms with Crippen molar-refractivity contribution in [2.45, 2.75) is 45.8 Å². The average molecular weight is 511 g/mol. The zero-order chi connectivity index (χ0) is 19.9. The highest BCUT2D eigenvalue weighted by Crippen LogP contribution is 2.27. The van der Waals surface area contributed by atoms with Crippen molar-refractivity contribution < 1.29 is 4.74 Å². The highest BCUT2D eigenvalue weighted by molar-refractivity contribution is 14.0. The van der Waals surface area contributed by atoms with E-state index in [4.69, 9.17) is 4.74 Å². The molecule has 0 radical (unpaired) electrons. The third kappa shape index (κ3) is 6.62. The number of nitrogens with one attached hydrogen (secondary N) is 1. The van der Waals surface area contributed by atoms with Crippen LogP contribution in [0.25, 0.3) is 0 Å². The number of hydrogen-bond acceptors (Lipinski definition) is 3. The summed E-state index contributed by atoms with van der Waals surface area (Å²) in [6, 6.07) is 8.81. The predicted octanol–water partition coefficient (Wildman–Crippen LogP) is 3.99. The van der Waals surface area contributed by atoms with Gasteiger partial charge in [0.2, 0.25) is 0 Å². The Kier molecular flexibility index (Phi) is 9.26. The number of likely N-dealkylation sites (tertiary alicyclic amines) is 1. The molecule has 2 heterocycles. The number of guanidine groups is 1. The van der Waals surface area contributed by atoms with Crippen LogP contribution in [0.3, 0.4) is 0 Å². The quantitative estimate of drug-likeness (QED) is 0.362. The van der Waals surface area contributed by atoms with E-state index in [1.807, 2.05) is 45.6 Å². The van der Waals surface area contributed by atoms with Gasteiger partial charge < -0.3 is 19.5 Å². The van der Waals surface area contributed by atoms with Crippen LogP contribution in [0, 0.1) is 5.92 Å². The molecule has 0 saturated carbocycles. The van der Waals surface area contributed by atoms with Gasteiger partial charge in [-0.15, -0.1) is 24.0 Å². The number of imidazole rings is 1. The van der Waals surface area contributed by atoms with E-state index >= 15 is 0 Å².